The van der Waals surface area contributed by atoms with Crippen molar-refractivity contribution in [1.82, 2.24) is 10.2 Å². The van der Waals surface area contributed by atoms with Crippen LogP contribution in [-0.2, 0) is 0 Å². The van der Waals surface area contributed by atoms with Crippen molar-refractivity contribution in [3.05, 3.63) is 39.8 Å². The highest BCUT2D eigenvalue weighted by Gasteiger charge is 2.16. The number of aromatic nitrogens is 2. The average molecular weight is 248 g/mol. The first-order valence-corrected chi connectivity index (χ1v) is 5.33. The summed E-state index contributed by atoms with van der Waals surface area (Å²) in [7, 11) is 0. The van der Waals surface area contributed by atoms with Crippen LogP contribution in [0.3, 0.4) is 0 Å². The summed E-state index contributed by atoms with van der Waals surface area (Å²) >= 11 is 0. The van der Waals surface area contributed by atoms with E-state index in [-0.39, 0.29) is 17.6 Å². The molecule has 0 saturated heterocycles. The van der Waals surface area contributed by atoms with Crippen LogP contribution in [0, 0.1) is 17.0 Å². The van der Waals surface area contributed by atoms with Crippen molar-refractivity contribution >= 4 is 5.69 Å². The third kappa shape index (κ3) is 2.21. The van der Waals surface area contributed by atoms with Gasteiger partial charge in [-0.1, -0.05) is 6.07 Å². The standard InChI is InChI=1S/C11H12N4O3/c1-6-3-4-8(15(16)17)5-9(6)11-14-13-10(18-11)7(2)12/h3-5,7H,12H2,1-2H3. The highest BCUT2D eigenvalue weighted by atomic mass is 16.6. The summed E-state index contributed by atoms with van der Waals surface area (Å²) in [6, 6.07) is 4.11. The van der Waals surface area contributed by atoms with E-state index in [1.54, 1.807) is 13.0 Å². The minimum Gasteiger partial charge on any atom is -0.419 e. The van der Waals surface area contributed by atoms with Crippen LogP contribution in [0.4, 0.5) is 5.69 Å². The minimum absolute atomic E-state index is 0.0175. The van der Waals surface area contributed by atoms with E-state index in [0.717, 1.165) is 5.56 Å². The van der Waals surface area contributed by atoms with Crippen molar-refractivity contribution in [3.8, 4) is 11.5 Å². The molecule has 1 atom stereocenters. The molecule has 1 unspecified atom stereocenters. The smallest absolute Gasteiger partial charge is 0.270 e. The third-order valence-electron chi connectivity index (χ3n) is 2.49. The lowest BCUT2D eigenvalue weighted by molar-refractivity contribution is -0.384. The van der Waals surface area contributed by atoms with Crippen LogP contribution in [0.2, 0.25) is 0 Å². The van der Waals surface area contributed by atoms with E-state index in [4.69, 9.17) is 10.2 Å². The largest absolute Gasteiger partial charge is 0.419 e. The molecule has 1 heterocycles. The molecule has 7 heteroatoms. The van der Waals surface area contributed by atoms with Gasteiger partial charge < -0.3 is 10.2 Å². The second-order valence-electron chi connectivity index (χ2n) is 3.99. The van der Waals surface area contributed by atoms with E-state index >= 15 is 0 Å². The number of nitrogens with zero attached hydrogens (tertiary/aromatic N) is 3. The molecule has 2 rings (SSSR count). The molecule has 2 aromatic rings. The Labute approximate surface area is 103 Å². The first-order chi connectivity index (χ1) is 8.49. The Morgan fingerprint density at radius 3 is 2.72 bits per heavy atom. The van der Waals surface area contributed by atoms with Crippen LogP contribution < -0.4 is 5.73 Å². The maximum Gasteiger partial charge on any atom is 0.270 e. The Kier molecular flexibility index (Phi) is 3.07. The van der Waals surface area contributed by atoms with Gasteiger partial charge in [0.05, 0.1) is 11.0 Å². The Bertz CT molecular complexity index is 592. The van der Waals surface area contributed by atoms with Crippen molar-refractivity contribution in [3.63, 3.8) is 0 Å². The van der Waals surface area contributed by atoms with Gasteiger partial charge in [-0.2, -0.15) is 0 Å². The number of rotatable bonds is 3. The van der Waals surface area contributed by atoms with Crippen molar-refractivity contribution in [2.24, 2.45) is 5.73 Å². The lowest BCUT2D eigenvalue weighted by Crippen LogP contribution is -2.04. The number of nitrogens with two attached hydrogens (primary N) is 1. The highest BCUT2D eigenvalue weighted by Crippen LogP contribution is 2.27. The van der Waals surface area contributed by atoms with Crippen LogP contribution in [0.15, 0.2) is 22.6 Å². The summed E-state index contributed by atoms with van der Waals surface area (Å²) in [5.74, 6) is 0.541. The molecular formula is C11H12N4O3. The van der Waals surface area contributed by atoms with Gasteiger partial charge >= 0.3 is 0 Å². The molecule has 94 valence electrons. The number of hydrogen-bond acceptors (Lipinski definition) is 6. The minimum atomic E-state index is -0.466. The van der Waals surface area contributed by atoms with Crippen LogP contribution >= 0.6 is 0 Å². The predicted molar refractivity (Wildman–Crippen MR) is 63.7 cm³/mol. The lowest BCUT2D eigenvalue weighted by atomic mass is 10.1. The maximum atomic E-state index is 10.7. The molecule has 0 aliphatic heterocycles. The second-order valence-corrected chi connectivity index (χ2v) is 3.99. The number of aryl methyl sites for hydroxylation is 1. The highest BCUT2D eigenvalue weighted by molar-refractivity contribution is 5.62. The fourth-order valence-corrected chi connectivity index (χ4v) is 1.48. The zero-order chi connectivity index (χ0) is 13.3. The molecule has 0 bridgehead atoms. The van der Waals surface area contributed by atoms with Gasteiger partial charge in [0, 0.05) is 17.7 Å². The zero-order valence-electron chi connectivity index (χ0n) is 9.95. The van der Waals surface area contributed by atoms with Crippen LogP contribution in [0.1, 0.15) is 24.4 Å². The molecule has 18 heavy (non-hydrogen) atoms. The van der Waals surface area contributed by atoms with Crippen molar-refractivity contribution in [2.45, 2.75) is 19.9 Å². The molecule has 0 saturated carbocycles. The Balaban J connectivity index is 2.48. The summed E-state index contributed by atoms with van der Waals surface area (Å²) < 4.78 is 5.38. The molecular weight excluding hydrogens is 236 g/mol. The quantitative estimate of drug-likeness (QED) is 0.657. The summed E-state index contributed by atoms with van der Waals surface area (Å²) in [6.45, 7) is 3.53. The number of nitro groups is 1. The number of hydrogen-bond donors (Lipinski definition) is 1. The molecule has 2 N–H and O–H groups in total. The molecule has 0 spiro atoms. The SMILES string of the molecule is Cc1ccc([N+](=O)[O-])cc1-c1nnc(C(C)N)o1. The number of benzene rings is 1. The van der Waals surface area contributed by atoms with Gasteiger partial charge in [0.15, 0.2) is 0 Å². The Morgan fingerprint density at radius 1 is 1.44 bits per heavy atom. The molecule has 1 aromatic heterocycles. The predicted octanol–water partition coefficient (Wildman–Crippen LogP) is 1.97. The lowest BCUT2D eigenvalue weighted by Gasteiger charge is -2.01. The summed E-state index contributed by atoms with van der Waals surface area (Å²) in [5.41, 5.74) is 6.96. The molecule has 0 fully saturated rings. The van der Waals surface area contributed by atoms with Gasteiger partial charge in [0.2, 0.25) is 11.8 Å². The van der Waals surface area contributed by atoms with E-state index in [1.807, 2.05) is 6.92 Å². The monoisotopic (exact) mass is 248 g/mol. The fraction of sp³-hybridized carbons (Fsp3) is 0.273. The van der Waals surface area contributed by atoms with Gasteiger partial charge in [-0.15, -0.1) is 10.2 Å². The van der Waals surface area contributed by atoms with Crippen LogP contribution in [-0.4, -0.2) is 15.1 Å². The summed E-state index contributed by atoms with van der Waals surface area (Å²) in [6.07, 6.45) is 0. The van der Waals surface area contributed by atoms with Crippen LogP contribution in [0.25, 0.3) is 11.5 Å². The van der Waals surface area contributed by atoms with Crippen molar-refractivity contribution in [2.75, 3.05) is 0 Å². The van der Waals surface area contributed by atoms with Gasteiger partial charge in [0.25, 0.3) is 5.69 Å². The first-order valence-electron chi connectivity index (χ1n) is 5.33. The van der Waals surface area contributed by atoms with Gasteiger partial charge in [0.1, 0.15) is 0 Å². The topological polar surface area (TPSA) is 108 Å². The second kappa shape index (κ2) is 4.53. The maximum absolute atomic E-state index is 10.7. The molecule has 7 nitrogen and oxygen atoms in total. The zero-order valence-corrected chi connectivity index (χ0v) is 9.95. The summed E-state index contributed by atoms with van der Waals surface area (Å²) in [4.78, 5) is 10.3. The average Bonchev–Trinajstić information content (AvgIpc) is 2.78. The summed E-state index contributed by atoms with van der Waals surface area (Å²) in [5, 5.41) is 18.4. The molecule has 0 amide bonds. The van der Waals surface area contributed by atoms with Crippen molar-refractivity contribution < 1.29 is 9.34 Å². The van der Waals surface area contributed by atoms with E-state index in [9.17, 15) is 10.1 Å². The van der Waals surface area contributed by atoms with E-state index in [2.05, 4.69) is 10.2 Å². The third-order valence-corrected chi connectivity index (χ3v) is 2.49. The number of non-ortho nitro benzene ring substituents is 1. The van der Waals surface area contributed by atoms with E-state index < -0.39 is 4.92 Å². The van der Waals surface area contributed by atoms with Gasteiger partial charge in [-0.3, -0.25) is 10.1 Å². The molecule has 0 aliphatic rings. The molecule has 1 aromatic carbocycles. The normalized spacial score (nSPS) is 12.4. The number of nitro benzene ring substituents is 1. The Hall–Kier alpha value is -2.28. The first kappa shape index (κ1) is 12.2. The van der Waals surface area contributed by atoms with Gasteiger partial charge in [-0.05, 0) is 19.4 Å². The molecule has 0 radical (unpaired) electrons. The molecule has 0 aliphatic carbocycles. The van der Waals surface area contributed by atoms with Crippen molar-refractivity contribution in [1.29, 1.82) is 0 Å². The van der Waals surface area contributed by atoms with E-state index in [1.165, 1.54) is 12.1 Å². The Morgan fingerprint density at radius 2 is 2.17 bits per heavy atom. The van der Waals surface area contributed by atoms with E-state index in [0.29, 0.717) is 11.5 Å². The van der Waals surface area contributed by atoms with Crippen LogP contribution in [0.5, 0.6) is 0 Å². The van der Waals surface area contributed by atoms with Gasteiger partial charge in [-0.25, -0.2) is 0 Å². The fourth-order valence-electron chi connectivity index (χ4n) is 1.48.